The standard InChI is InChI=1S/C7H11NO3/c1-5(2)10-7(4-8)11-6(3)9/h5,7H,1-3H3. The van der Waals surface area contributed by atoms with Crippen molar-refractivity contribution in [1.82, 2.24) is 0 Å². The lowest BCUT2D eigenvalue weighted by Crippen LogP contribution is -2.21. The Balaban J connectivity index is 3.79. The highest BCUT2D eigenvalue weighted by Gasteiger charge is 2.11. The van der Waals surface area contributed by atoms with E-state index in [0.717, 1.165) is 0 Å². The normalized spacial score (nSPS) is 12.3. The minimum atomic E-state index is -1.08. The van der Waals surface area contributed by atoms with Gasteiger partial charge in [-0.3, -0.25) is 4.79 Å². The molecule has 0 rings (SSSR count). The van der Waals surface area contributed by atoms with Crippen LogP contribution in [0.2, 0.25) is 0 Å². The van der Waals surface area contributed by atoms with Gasteiger partial charge in [-0.15, -0.1) is 0 Å². The lowest BCUT2D eigenvalue weighted by atomic mass is 10.5. The molecule has 0 aliphatic heterocycles. The number of rotatable bonds is 3. The Labute approximate surface area is 65.7 Å². The van der Waals surface area contributed by atoms with Crippen molar-refractivity contribution in [3.05, 3.63) is 0 Å². The van der Waals surface area contributed by atoms with Crippen molar-refractivity contribution >= 4 is 5.97 Å². The van der Waals surface area contributed by atoms with E-state index in [2.05, 4.69) is 4.74 Å². The third-order valence-electron chi connectivity index (χ3n) is 0.774. The van der Waals surface area contributed by atoms with Gasteiger partial charge < -0.3 is 9.47 Å². The SMILES string of the molecule is CC(=O)OC(C#N)OC(C)C. The summed E-state index contributed by atoms with van der Waals surface area (Å²) in [7, 11) is 0. The van der Waals surface area contributed by atoms with Crippen molar-refractivity contribution in [2.45, 2.75) is 33.2 Å². The van der Waals surface area contributed by atoms with Crippen LogP contribution < -0.4 is 0 Å². The van der Waals surface area contributed by atoms with Crippen molar-refractivity contribution < 1.29 is 14.3 Å². The largest absolute Gasteiger partial charge is 0.422 e. The molecule has 0 radical (unpaired) electrons. The summed E-state index contributed by atoms with van der Waals surface area (Å²) in [4.78, 5) is 10.3. The second kappa shape index (κ2) is 4.69. The maximum Gasteiger partial charge on any atom is 0.305 e. The van der Waals surface area contributed by atoms with Crippen LogP contribution in [-0.2, 0) is 14.3 Å². The molecule has 4 heteroatoms. The number of esters is 1. The lowest BCUT2D eigenvalue weighted by Gasteiger charge is -2.12. The smallest absolute Gasteiger partial charge is 0.305 e. The van der Waals surface area contributed by atoms with Crippen LogP contribution in [0.4, 0.5) is 0 Å². The summed E-state index contributed by atoms with van der Waals surface area (Å²) in [5, 5.41) is 8.37. The van der Waals surface area contributed by atoms with E-state index in [1.54, 1.807) is 19.9 Å². The minimum absolute atomic E-state index is 0.126. The van der Waals surface area contributed by atoms with Crippen LogP contribution in [0.5, 0.6) is 0 Å². The Bertz CT molecular complexity index is 171. The number of ether oxygens (including phenoxy) is 2. The molecule has 0 aromatic carbocycles. The number of nitrogens with zero attached hydrogens (tertiary/aromatic N) is 1. The van der Waals surface area contributed by atoms with Gasteiger partial charge in [0.1, 0.15) is 6.07 Å². The Morgan fingerprint density at radius 2 is 2.09 bits per heavy atom. The highest BCUT2D eigenvalue weighted by molar-refractivity contribution is 5.66. The van der Waals surface area contributed by atoms with E-state index >= 15 is 0 Å². The Kier molecular flexibility index (Phi) is 4.23. The summed E-state index contributed by atoms with van der Waals surface area (Å²) in [6.45, 7) is 4.75. The average molecular weight is 157 g/mol. The zero-order valence-electron chi connectivity index (χ0n) is 6.83. The quantitative estimate of drug-likeness (QED) is 0.449. The summed E-state index contributed by atoms with van der Waals surface area (Å²) in [6.07, 6.45) is -1.20. The van der Waals surface area contributed by atoms with E-state index in [1.807, 2.05) is 0 Å². The van der Waals surface area contributed by atoms with Crippen LogP contribution in [0.3, 0.4) is 0 Å². The molecule has 0 spiro atoms. The van der Waals surface area contributed by atoms with Gasteiger partial charge in [0.2, 0.25) is 0 Å². The van der Waals surface area contributed by atoms with Gasteiger partial charge in [-0.1, -0.05) is 0 Å². The molecule has 0 saturated carbocycles. The maximum absolute atomic E-state index is 10.3. The number of carbonyl (C=O) groups excluding carboxylic acids is 1. The van der Waals surface area contributed by atoms with E-state index in [0.29, 0.717) is 0 Å². The Hall–Kier alpha value is -1.08. The first-order chi connectivity index (χ1) is 5.06. The number of hydrogen-bond acceptors (Lipinski definition) is 4. The van der Waals surface area contributed by atoms with Crippen LogP contribution in [0.15, 0.2) is 0 Å². The Morgan fingerprint density at radius 3 is 2.36 bits per heavy atom. The third kappa shape index (κ3) is 5.37. The van der Waals surface area contributed by atoms with Crippen LogP contribution in [0.1, 0.15) is 20.8 Å². The first kappa shape index (κ1) is 9.92. The molecular weight excluding hydrogens is 146 g/mol. The molecule has 0 fully saturated rings. The van der Waals surface area contributed by atoms with Crippen LogP contribution in [0, 0.1) is 11.3 Å². The highest BCUT2D eigenvalue weighted by atomic mass is 16.7. The lowest BCUT2D eigenvalue weighted by molar-refractivity contribution is -0.170. The zero-order chi connectivity index (χ0) is 8.85. The molecule has 1 atom stereocenters. The van der Waals surface area contributed by atoms with Gasteiger partial charge in [-0.2, -0.15) is 5.26 Å². The predicted molar refractivity (Wildman–Crippen MR) is 37.4 cm³/mol. The monoisotopic (exact) mass is 157 g/mol. The fraction of sp³-hybridized carbons (Fsp3) is 0.714. The topological polar surface area (TPSA) is 59.3 Å². The van der Waals surface area contributed by atoms with E-state index in [9.17, 15) is 4.79 Å². The summed E-state index contributed by atoms with van der Waals surface area (Å²) < 4.78 is 9.39. The van der Waals surface area contributed by atoms with Crippen LogP contribution >= 0.6 is 0 Å². The van der Waals surface area contributed by atoms with Gasteiger partial charge in [0.15, 0.2) is 0 Å². The first-order valence-corrected chi connectivity index (χ1v) is 3.28. The van der Waals surface area contributed by atoms with Crippen LogP contribution in [0.25, 0.3) is 0 Å². The van der Waals surface area contributed by atoms with Crippen LogP contribution in [-0.4, -0.2) is 18.4 Å². The van der Waals surface area contributed by atoms with E-state index < -0.39 is 12.3 Å². The number of carbonyl (C=O) groups is 1. The molecule has 0 aliphatic carbocycles. The third-order valence-corrected chi connectivity index (χ3v) is 0.774. The number of nitriles is 1. The molecule has 4 nitrogen and oxygen atoms in total. The van der Waals surface area contributed by atoms with Gasteiger partial charge in [0.25, 0.3) is 6.29 Å². The first-order valence-electron chi connectivity index (χ1n) is 3.28. The summed E-state index contributed by atoms with van der Waals surface area (Å²) >= 11 is 0. The molecule has 0 bridgehead atoms. The number of hydrogen-bond donors (Lipinski definition) is 0. The van der Waals surface area contributed by atoms with Crippen molar-refractivity contribution in [1.29, 1.82) is 5.26 Å². The fourth-order valence-electron chi connectivity index (χ4n) is 0.482. The molecular formula is C7H11NO3. The Morgan fingerprint density at radius 1 is 1.55 bits per heavy atom. The second-order valence-corrected chi connectivity index (χ2v) is 2.26. The van der Waals surface area contributed by atoms with Gasteiger partial charge in [-0.05, 0) is 13.8 Å². The van der Waals surface area contributed by atoms with E-state index in [1.165, 1.54) is 6.92 Å². The molecule has 0 aliphatic rings. The second-order valence-electron chi connectivity index (χ2n) is 2.26. The minimum Gasteiger partial charge on any atom is -0.422 e. The predicted octanol–water partition coefficient (Wildman–Crippen LogP) is 0.824. The van der Waals surface area contributed by atoms with Crippen molar-refractivity contribution in [2.24, 2.45) is 0 Å². The molecule has 0 saturated heterocycles. The van der Waals surface area contributed by atoms with E-state index in [-0.39, 0.29) is 6.10 Å². The highest BCUT2D eigenvalue weighted by Crippen LogP contribution is 1.98. The molecule has 62 valence electrons. The molecule has 0 aromatic heterocycles. The van der Waals surface area contributed by atoms with Gasteiger partial charge in [0, 0.05) is 6.92 Å². The van der Waals surface area contributed by atoms with Crippen molar-refractivity contribution in [3.8, 4) is 6.07 Å². The maximum atomic E-state index is 10.3. The molecule has 11 heavy (non-hydrogen) atoms. The average Bonchev–Trinajstić information content (AvgIpc) is 1.84. The molecule has 0 N–H and O–H groups in total. The van der Waals surface area contributed by atoms with Gasteiger partial charge >= 0.3 is 5.97 Å². The summed E-state index contributed by atoms with van der Waals surface area (Å²) in [5.41, 5.74) is 0. The molecule has 0 heterocycles. The zero-order valence-corrected chi connectivity index (χ0v) is 6.83. The van der Waals surface area contributed by atoms with E-state index in [4.69, 9.17) is 10.00 Å². The summed E-state index contributed by atoms with van der Waals surface area (Å²) in [5.74, 6) is -0.516. The van der Waals surface area contributed by atoms with Gasteiger partial charge in [0.05, 0.1) is 6.10 Å². The van der Waals surface area contributed by atoms with Crippen molar-refractivity contribution in [3.63, 3.8) is 0 Å². The van der Waals surface area contributed by atoms with Crippen molar-refractivity contribution in [2.75, 3.05) is 0 Å². The molecule has 0 aromatic rings. The summed E-state index contributed by atoms with van der Waals surface area (Å²) in [6, 6.07) is 1.70. The molecule has 1 unspecified atom stereocenters. The molecule has 0 amide bonds. The fourth-order valence-corrected chi connectivity index (χ4v) is 0.482. The van der Waals surface area contributed by atoms with Gasteiger partial charge in [-0.25, -0.2) is 0 Å².